The monoisotopic (exact) mass is 2080 g/mol. The molecule has 16 aromatic rings. The second-order valence-electron chi connectivity index (χ2n) is 30.2. The van der Waals surface area contributed by atoms with Gasteiger partial charge in [-0.05, 0) is 167 Å². The van der Waals surface area contributed by atoms with Crippen LogP contribution < -0.4 is 45.0 Å². The van der Waals surface area contributed by atoms with Crippen LogP contribution in [-0.4, -0.2) is 94.7 Å². The standard InChI is InChI=1S/C25H21F3N6O2.C23H14Br2F3N5O2.C23H15BrF3N5O2.C23H16F3N5O2/c1-29-17-8-10-18(11-9-17)34-20(12-13-30-34)22-21(15-31(2)3)33(24(36)32(4)23(22)35)19-7-5-6-16(14-19)25(26,27)28;1-29-14-6-8-15(9-7-14)33-17(10-11-30-33)18-19(20(24)25)32(22(35)31(2)21(18)34)16-5-3-4-13(12-16)23(26,27)28;1-28-15-6-8-16(9-7-15)32-18(10-11-29-32)20-19(13-24)31(22(34)30(2)21(20)33)17-5-3-4-14(12-17)23(25,26)27;1-14-20(19-11-12-28-31(19)17-9-7-16(27-2)8-10-17)21(32)29(3)22(33)30(14)18-6-4-5-15(13-18)23(24,25)26/h5-14H,15H2,2-4H3;3-12,20H,2H3;3-12H,13H2,2H3;4-13H,1,3H3. The summed E-state index contributed by atoms with van der Waals surface area (Å²) >= 11 is 9.98. The summed E-state index contributed by atoms with van der Waals surface area (Å²) in [6, 6.07) is 49.8. The van der Waals surface area contributed by atoms with Gasteiger partial charge in [0.15, 0.2) is 22.7 Å². The SMILES string of the molecule is [C-]#[N+]c1ccc(-n2nccc2-c2c(C(Br)Br)n(-c3cccc(C(F)(F)F)c3)c(=O)n(C)c2=O)cc1.[C-]#[N+]c1ccc(-n2nccc2-c2c(C)n(-c3cccc(C(F)(F)F)c3)c(=O)n(C)c2=O)cc1.[C-]#[N+]c1ccc(-n2nccc2-c2c(CBr)n(-c3cccc(C(F)(F)F)c3)c(=O)n(C)c2=O)cc1.[C-]#[N+]c1ccc(-n2nccc2-c2c(CN(C)C)n(-c3cccc(C(F)(F)F)c3)c(=O)n(C)c2=O)cc1. The minimum atomic E-state index is -4.62. The molecule has 0 atom stereocenters. The van der Waals surface area contributed by atoms with Crippen molar-refractivity contribution < 1.29 is 52.7 Å². The Morgan fingerprint density at radius 1 is 0.333 bits per heavy atom. The molecule has 44 heteroatoms. The molecule has 700 valence electrons. The highest BCUT2D eigenvalue weighted by Crippen LogP contribution is 2.41. The van der Waals surface area contributed by atoms with Gasteiger partial charge in [-0.15, -0.1) is 0 Å². The lowest BCUT2D eigenvalue weighted by molar-refractivity contribution is -0.138. The van der Waals surface area contributed by atoms with E-state index >= 15 is 0 Å². The summed E-state index contributed by atoms with van der Waals surface area (Å²) in [4.78, 5) is 121. The molecule has 16 rings (SSSR count). The largest absolute Gasteiger partial charge is 0.416 e. The van der Waals surface area contributed by atoms with Crippen molar-refractivity contribution in [1.29, 1.82) is 0 Å². The topological polar surface area (TPSA) is 268 Å². The van der Waals surface area contributed by atoms with Gasteiger partial charge < -0.3 is 4.90 Å². The molecule has 0 saturated heterocycles. The molecule has 0 N–H and O–H groups in total. The summed E-state index contributed by atoms with van der Waals surface area (Å²) in [5.41, 5.74) is -3.13. The van der Waals surface area contributed by atoms with Gasteiger partial charge in [-0.1, -0.05) is 121 Å². The number of aromatic nitrogens is 16. The van der Waals surface area contributed by atoms with Crippen molar-refractivity contribution in [3.05, 3.63) is 417 Å². The highest BCUT2D eigenvalue weighted by molar-refractivity contribution is 9.24. The smallest absolute Gasteiger partial charge is 0.304 e. The van der Waals surface area contributed by atoms with E-state index < -0.39 is 95.7 Å². The van der Waals surface area contributed by atoms with Crippen LogP contribution in [0.4, 0.5) is 75.4 Å². The summed E-state index contributed by atoms with van der Waals surface area (Å²) in [5, 5.41) is 17.1. The molecule has 0 radical (unpaired) electrons. The van der Waals surface area contributed by atoms with Gasteiger partial charge in [0.05, 0.1) is 181 Å². The molecule has 29 nitrogen and oxygen atoms in total. The minimum Gasteiger partial charge on any atom is -0.304 e. The molecule has 0 aliphatic rings. The first-order valence-electron chi connectivity index (χ1n) is 40.0. The van der Waals surface area contributed by atoms with Crippen molar-refractivity contribution in [2.75, 3.05) is 14.1 Å². The summed E-state index contributed by atoms with van der Waals surface area (Å²) in [6.45, 7) is 30.0. The van der Waals surface area contributed by atoms with Crippen molar-refractivity contribution in [3.8, 4) is 90.5 Å². The third-order valence-corrected chi connectivity index (χ3v) is 22.7. The van der Waals surface area contributed by atoms with Crippen LogP contribution in [0.1, 0.15) is 48.8 Å². The molecule has 0 amide bonds. The Morgan fingerprint density at radius 3 is 0.862 bits per heavy atom. The molecular formula is C94H66Br3F12N21O8. The van der Waals surface area contributed by atoms with Crippen molar-refractivity contribution in [3.63, 3.8) is 0 Å². The van der Waals surface area contributed by atoms with Crippen LogP contribution in [0.5, 0.6) is 0 Å². The second kappa shape index (κ2) is 40.2. The Bertz CT molecular complexity index is 8130. The van der Waals surface area contributed by atoms with Crippen LogP contribution in [0.15, 0.2) is 282 Å². The van der Waals surface area contributed by atoms with Crippen LogP contribution in [0, 0.1) is 33.2 Å². The average Bonchev–Trinajstić information content (AvgIpc) is 1.15. The molecule has 8 aromatic carbocycles. The van der Waals surface area contributed by atoms with E-state index in [-0.39, 0.29) is 79.7 Å². The molecule has 0 unspecified atom stereocenters. The predicted molar refractivity (Wildman–Crippen MR) is 500 cm³/mol. The summed E-state index contributed by atoms with van der Waals surface area (Å²) in [5.74, 6) is 0. The zero-order valence-corrected chi connectivity index (χ0v) is 77.2. The first-order chi connectivity index (χ1) is 65.4. The van der Waals surface area contributed by atoms with Gasteiger partial charge in [0.25, 0.3) is 22.2 Å². The maximum absolute atomic E-state index is 13.5. The lowest BCUT2D eigenvalue weighted by atomic mass is 10.1. The molecule has 0 saturated carbocycles. The van der Waals surface area contributed by atoms with Crippen LogP contribution in [0.2, 0.25) is 0 Å². The zero-order chi connectivity index (χ0) is 100. The zero-order valence-electron chi connectivity index (χ0n) is 72.4. The number of halogens is 15. The van der Waals surface area contributed by atoms with E-state index in [1.165, 1.54) is 127 Å². The summed E-state index contributed by atoms with van der Waals surface area (Å²) in [6.07, 6.45) is -12.6. The number of alkyl halides is 15. The highest BCUT2D eigenvalue weighted by Gasteiger charge is 2.37. The van der Waals surface area contributed by atoms with Crippen molar-refractivity contribution in [1.82, 2.24) is 80.6 Å². The fourth-order valence-electron chi connectivity index (χ4n) is 14.7. The number of rotatable bonds is 16. The maximum Gasteiger partial charge on any atom is 0.416 e. The lowest BCUT2D eigenvalue weighted by Gasteiger charge is -2.22. The number of hydrogen-bond acceptors (Lipinski definition) is 13. The quantitative estimate of drug-likeness (QED) is 0.0495. The van der Waals surface area contributed by atoms with Crippen LogP contribution in [0.25, 0.3) is 110 Å². The normalized spacial score (nSPS) is 11.5. The van der Waals surface area contributed by atoms with E-state index in [2.05, 4.69) is 87.6 Å². The van der Waals surface area contributed by atoms with Gasteiger partial charge in [-0.25, -0.2) is 57.3 Å². The Kier molecular flexibility index (Phi) is 28.9. The first-order valence-corrected chi connectivity index (χ1v) is 43.0. The van der Waals surface area contributed by atoms with Crippen molar-refractivity contribution in [2.45, 2.75) is 47.2 Å². The average molecular weight is 2090 g/mol. The molecule has 138 heavy (non-hydrogen) atoms. The van der Waals surface area contributed by atoms with Crippen LogP contribution >= 0.6 is 47.8 Å². The Labute approximate surface area is 796 Å². The number of nitrogens with zero attached hydrogens (tertiary/aromatic N) is 21. The van der Waals surface area contributed by atoms with Crippen LogP contribution in [-0.2, 0) is 64.8 Å². The number of hydrogen-bond donors (Lipinski definition) is 0. The fraction of sp³-hybridized carbons (Fsp3) is 0.149. The molecular weight excluding hydrogens is 2020 g/mol. The van der Waals surface area contributed by atoms with Gasteiger partial charge in [-0.3, -0.25) is 55.7 Å². The van der Waals surface area contributed by atoms with E-state index in [1.54, 1.807) is 140 Å². The number of benzene rings is 8. The third-order valence-electron chi connectivity index (χ3n) is 21.3. The first kappa shape index (κ1) is 99.3. The Hall–Kier alpha value is -16.2. The molecule has 0 aliphatic heterocycles. The van der Waals surface area contributed by atoms with E-state index in [1.807, 2.05) is 0 Å². The van der Waals surface area contributed by atoms with E-state index in [0.717, 1.165) is 85.1 Å². The molecule has 8 heterocycles. The van der Waals surface area contributed by atoms with Gasteiger partial charge in [0, 0.05) is 45.8 Å². The van der Waals surface area contributed by atoms with Crippen LogP contribution in [0.3, 0.4) is 0 Å². The van der Waals surface area contributed by atoms with E-state index in [0.29, 0.717) is 68.3 Å². The fourth-order valence-corrected chi connectivity index (χ4v) is 16.1. The van der Waals surface area contributed by atoms with Crippen molar-refractivity contribution >= 4 is 70.5 Å². The molecule has 0 spiro atoms. The van der Waals surface area contributed by atoms with E-state index in [4.69, 9.17) is 26.3 Å². The minimum absolute atomic E-state index is 0.00569. The summed E-state index contributed by atoms with van der Waals surface area (Å²) < 4.78 is 173. The molecule has 0 fully saturated rings. The molecule has 0 bridgehead atoms. The Morgan fingerprint density at radius 2 is 0.580 bits per heavy atom. The molecule has 8 aromatic heterocycles. The van der Waals surface area contributed by atoms with Gasteiger partial charge in [0.2, 0.25) is 0 Å². The predicted octanol–water partition coefficient (Wildman–Crippen LogP) is 18.9. The molecule has 0 aliphatic carbocycles. The third kappa shape index (κ3) is 20.1. The second-order valence-corrected chi connectivity index (χ2v) is 33.8. The van der Waals surface area contributed by atoms with Crippen molar-refractivity contribution in [2.24, 2.45) is 28.2 Å². The summed E-state index contributed by atoms with van der Waals surface area (Å²) in [7, 11) is 8.52. The highest BCUT2D eigenvalue weighted by atomic mass is 79.9. The van der Waals surface area contributed by atoms with Gasteiger partial charge >= 0.3 is 47.5 Å². The van der Waals surface area contributed by atoms with E-state index in [9.17, 15) is 91.0 Å². The van der Waals surface area contributed by atoms with Gasteiger partial charge in [-0.2, -0.15) is 73.1 Å². The Balaban J connectivity index is 0.000000155. The lowest BCUT2D eigenvalue weighted by Crippen LogP contribution is -2.41. The van der Waals surface area contributed by atoms with Gasteiger partial charge in [0.1, 0.15) is 3.74 Å². The maximum atomic E-state index is 13.5.